The standard InChI is InChI=1S/C32H36IN5O3/c1-21(23-7-10-27(40-3)11-8-23)37-19-24(16-31(37)39)22(2)41-30-15-25(20-38-32(30)28(33)18-35-38)29-12-9-26(17-34-29)36-13-5-4-6-14-36/h7-12,15,17-18,20-22,24H,4-6,13-14,16,19H2,1-3H3/t21-,22-,24-/m1/s1. The zero-order valence-electron chi connectivity index (χ0n) is 23.8. The first-order valence-corrected chi connectivity index (χ1v) is 15.5. The minimum atomic E-state index is -0.161. The molecule has 9 heteroatoms. The van der Waals surface area contributed by atoms with E-state index in [0.29, 0.717) is 13.0 Å². The van der Waals surface area contributed by atoms with E-state index in [-0.39, 0.29) is 24.0 Å². The van der Waals surface area contributed by atoms with Crippen molar-refractivity contribution in [3.63, 3.8) is 0 Å². The van der Waals surface area contributed by atoms with E-state index in [4.69, 9.17) is 14.5 Å². The van der Waals surface area contributed by atoms with Crippen LogP contribution < -0.4 is 14.4 Å². The van der Waals surface area contributed by atoms with E-state index < -0.39 is 0 Å². The van der Waals surface area contributed by atoms with Crippen LogP contribution in [0.2, 0.25) is 0 Å². The number of piperidine rings is 1. The predicted octanol–water partition coefficient (Wildman–Crippen LogP) is 6.38. The Balaban J connectivity index is 1.21. The Bertz CT molecular complexity index is 1520. The Kier molecular flexibility index (Phi) is 8.05. The summed E-state index contributed by atoms with van der Waals surface area (Å²) >= 11 is 2.30. The lowest BCUT2D eigenvalue weighted by Crippen LogP contribution is -2.31. The number of aromatic nitrogens is 3. The summed E-state index contributed by atoms with van der Waals surface area (Å²) in [7, 11) is 1.66. The van der Waals surface area contributed by atoms with Crippen molar-refractivity contribution in [3.05, 3.63) is 70.2 Å². The van der Waals surface area contributed by atoms with Crippen LogP contribution in [-0.4, -0.2) is 58.3 Å². The van der Waals surface area contributed by atoms with Gasteiger partial charge in [-0.2, -0.15) is 5.10 Å². The molecule has 1 amide bonds. The fourth-order valence-electron chi connectivity index (χ4n) is 5.98. The summed E-state index contributed by atoms with van der Waals surface area (Å²) in [6.07, 6.45) is 9.92. The number of carbonyl (C=O) groups excluding carboxylic acids is 1. The molecule has 214 valence electrons. The number of rotatable bonds is 8. The monoisotopic (exact) mass is 665 g/mol. The van der Waals surface area contributed by atoms with Crippen LogP contribution in [-0.2, 0) is 4.79 Å². The van der Waals surface area contributed by atoms with Crippen molar-refractivity contribution >= 4 is 39.7 Å². The van der Waals surface area contributed by atoms with Gasteiger partial charge in [-0.3, -0.25) is 9.78 Å². The molecule has 2 aliphatic heterocycles. The van der Waals surface area contributed by atoms with Gasteiger partial charge in [0.15, 0.2) is 0 Å². The Morgan fingerprint density at radius 2 is 1.80 bits per heavy atom. The van der Waals surface area contributed by atoms with Crippen molar-refractivity contribution in [2.24, 2.45) is 5.92 Å². The molecule has 5 heterocycles. The van der Waals surface area contributed by atoms with Crippen LogP contribution in [0.1, 0.15) is 51.1 Å². The van der Waals surface area contributed by atoms with Crippen LogP contribution in [0.4, 0.5) is 5.69 Å². The SMILES string of the molecule is COc1ccc([C@@H](C)N2C[C@H]([C@@H](C)Oc3cc(-c4ccc(N5CCCCC5)cn4)cn4ncc(I)c34)CC2=O)cc1. The number of methoxy groups -OCH3 is 1. The average Bonchev–Trinajstić information content (AvgIpc) is 3.59. The van der Waals surface area contributed by atoms with Crippen LogP contribution >= 0.6 is 22.6 Å². The van der Waals surface area contributed by atoms with E-state index in [0.717, 1.165) is 50.5 Å². The lowest BCUT2D eigenvalue weighted by molar-refractivity contribution is -0.129. The van der Waals surface area contributed by atoms with Gasteiger partial charge in [-0.05, 0) is 91.6 Å². The number of likely N-dealkylation sites (tertiary alicyclic amines) is 1. The summed E-state index contributed by atoms with van der Waals surface area (Å²) in [6, 6.07) is 14.2. The number of carbonyl (C=O) groups is 1. The molecule has 2 aliphatic rings. The predicted molar refractivity (Wildman–Crippen MR) is 169 cm³/mol. The smallest absolute Gasteiger partial charge is 0.223 e. The number of hydrogen-bond acceptors (Lipinski definition) is 6. The highest BCUT2D eigenvalue weighted by Gasteiger charge is 2.37. The van der Waals surface area contributed by atoms with Crippen molar-refractivity contribution in [3.8, 4) is 22.8 Å². The number of fused-ring (bicyclic) bond motifs is 1. The van der Waals surface area contributed by atoms with Crippen molar-refractivity contribution in [2.45, 2.75) is 51.7 Å². The molecule has 2 saturated heterocycles. The van der Waals surface area contributed by atoms with Gasteiger partial charge < -0.3 is 19.3 Å². The third kappa shape index (κ3) is 5.73. The Hall–Kier alpha value is -3.34. The highest BCUT2D eigenvalue weighted by molar-refractivity contribution is 14.1. The molecule has 0 spiro atoms. The normalized spacial score (nSPS) is 19.0. The van der Waals surface area contributed by atoms with Gasteiger partial charge in [0.05, 0.1) is 40.5 Å². The molecule has 0 aliphatic carbocycles. The maximum Gasteiger partial charge on any atom is 0.223 e. The molecule has 0 bridgehead atoms. The quantitative estimate of drug-likeness (QED) is 0.204. The van der Waals surface area contributed by atoms with Crippen molar-refractivity contribution in [2.75, 3.05) is 31.6 Å². The lowest BCUT2D eigenvalue weighted by atomic mass is 10.0. The number of pyridine rings is 2. The van der Waals surface area contributed by atoms with Gasteiger partial charge >= 0.3 is 0 Å². The van der Waals surface area contributed by atoms with Gasteiger partial charge in [0.2, 0.25) is 5.91 Å². The van der Waals surface area contributed by atoms with E-state index in [9.17, 15) is 4.79 Å². The average molecular weight is 666 g/mol. The van der Waals surface area contributed by atoms with E-state index in [1.54, 1.807) is 7.11 Å². The summed E-state index contributed by atoms with van der Waals surface area (Å²) in [5, 5.41) is 4.58. The van der Waals surface area contributed by atoms with Gasteiger partial charge in [0, 0.05) is 43.7 Å². The van der Waals surface area contributed by atoms with Crippen LogP contribution in [0.25, 0.3) is 16.8 Å². The molecule has 6 rings (SSSR count). The number of nitrogens with zero attached hydrogens (tertiary/aromatic N) is 5. The number of ether oxygens (including phenoxy) is 2. The molecule has 8 nitrogen and oxygen atoms in total. The maximum absolute atomic E-state index is 13.1. The van der Waals surface area contributed by atoms with Crippen LogP contribution in [0.15, 0.2) is 61.1 Å². The van der Waals surface area contributed by atoms with Crippen molar-refractivity contribution in [1.29, 1.82) is 0 Å². The first-order chi connectivity index (χ1) is 19.9. The first kappa shape index (κ1) is 27.8. The van der Waals surface area contributed by atoms with Gasteiger partial charge in [0.1, 0.15) is 23.1 Å². The van der Waals surface area contributed by atoms with Crippen LogP contribution in [0.3, 0.4) is 0 Å². The topological polar surface area (TPSA) is 72.2 Å². The number of hydrogen-bond donors (Lipinski definition) is 0. The lowest BCUT2D eigenvalue weighted by Gasteiger charge is -2.28. The molecule has 0 saturated carbocycles. The maximum atomic E-state index is 13.1. The van der Waals surface area contributed by atoms with Gasteiger partial charge in [-0.25, -0.2) is 4.52 Å². The fourth-order valence-corrected chi connectivity index (χ4v) is 6.62. The number of halogens is 1. The van der Waals surface area contributed by atoms with Gasteiger partial charge in [-0.15, -0.1) is 0 Å². The summed E-state index contributed by atoms with van der Waals surface area (Å²) in [5.74, 6) is 1.80. The largest absolute Gasteiger partial charge is 0.497 e. The fraction of sp³-hybridized carbons (Fsp3) is 0.406. The second-order valence-corrected chi connectivity index (χ2v) is 12.3. The number of amides is 1. The van der Waals surface area contributed by atoms with E-state index in [1.807, 2.05) is 52.3 Å². The van der Waals surface area contributed by atoms with Crippen LogP contribution in [0, 0.1) is 9.49 Å². The van der Waals surface area contributed by atoms with Gasteiger partial charge in [-0.1, -0.05) is 12.1 Å². The molecule has 3 atom stereocenters. The molecule has 1 aromatic carbocycles. The second kappa shape index (κ2) is 11.9. The number of benzene rings is 1. The minimum absolute atomic E-state index is 0.0181. The molecular weight excluding hydrogens is 629 g/mol. The molecule has 3 aromatic heterocycles. The molecule has 0 radical (unpaired) electrons. The molecule has 0 N–H and O–H groups in total. The summed E-state index contributed by atoms with van der Waals surface area (Å²) in [5.41, 5.74) is 5.02. The third-order valence-electron chi connectivity index (χ3n) is 8.53. The summed E-state index contributed by atoms with van der Waals surface area (Å²) in [4.78, 5) is 22.3. The van der Waals surface area contributed by atoms with E-state index in [1.165, 1.54) is 24.9 Å². The van der Waals surface area contributed by atoms with Crippen molar-refractivity contribution < 1.29 is 14.3 Å². The highest BCUT2D eigenvalue weighted by Crippen LogP contribution is 2.35. The summed E-state index contributed by atoms with van der Waals surface area (Å²) < 4.78 is 14.8. The molecule has 2 fully saturated rings. The third-order valence-corrected chi connectivity index (χ3v) is 9.32. The zero-order chi connectivity index (χ0) is 28.5. The Morgan fingerprint density at radius 1 is 1.02 bits per heavy atom. The molecular formula is C32H36IN5O3. The summed E-state index contributed by atoms with van der Waals surface area (Å²) in [6.45, 7) is 6.98. The highest BCUT2D eigenvalue weighted by atomic mass is 127. The second-order valence-electron chi connectivity index (χ2n) is 11.1. The van der Waals surface area contributed by atoms with Crippen LogP contribution in [0.5, 0.6) is 11.5 Å². The van der Waals surface area contributed by atoms with Gasteiger partial charge in [0.25, 0.3) is 0 Å². The number of anilines is 1. The molecule has 0 unspecified atom stereocenters. The Morgan fingerprint density at radius 3 is 2.51 bits per heavy atom. The molecule has 41 heavy (non-hydrogen) atoms. The van der Waals surface area contributed by atoms with E-state index >= 15 is 0 Å². The Labute approximate surface area is 254 Å². The first-order valence-electron chi connectivity index (χ1n) is 14.4. The minimum Gasteiger partial charge on any atom is -0.497 e. The van der Waals surface area contributed by atoms with Crippen molar-refractivity contribution in [1.82, 2.24) is 19.5 Å². The zero-order valence-corrected chi connectivity index (χ0v) is 26.0. The van der Waals surface area contributed by atoms with E-state index in [2.05, 4.69) is 64.6 Å². The molecule has 4 aromatic rings.